The van der Waals surface area contributed by atoms with Crippen LogP contribution in [0.15, 0.2) is 42.5 Å². The predicted octanol–water partition coefficient (Wildman–Crippen LogP) is 4.22. The van der Waals surface area contributed by atoms with Gasteiger partial charge in [0.2, 0.25) is 0 Å². The molecule has 6 heteroatoms. The largest absolute Gasteiger partial charge is 0.480 e. The molecule has 0 heterocycles. The highest BCUT2D eigenvalue weighted by molar-refractivity contribution is 6.31. The summed E-state index contributed by atoms with van der Waals surface area (Å²) in [5, 5.41) is 9.80. The van der Waals surface area contributed by atoms with Crippen molar-refractivity contribution in [2.75, 3.05) is 11.4 Å². The van der Waals surface area contributed by atoms with Crippen molar-refractivity contribution in [3.63, 3.8) is 0 Å². The first-order valence-corrected chi connectivity index (χ1v) is 6.87. The van der Waals surface area contributed by atoms with Crippen molar-refractivity contribution < 1.29 is 14.3 Å². The van der Waals surface area contributed by atoms with Crippen LogP contribution >= 0.6 is 23.2 Å². The molecule has 2 rings (SSSR count). The van der Waals surface area contributed by atoms with Gasteiger partial charge in [-0.25, -0.2) is 4.39 Å². The van der Waals surface area contributed by atoms with E-state index in [1.54, 1.807) is 29.2 Å². The number of carboxylic acid groups (broad SMARTS) is 1. The third-order valence-corrected chi connectivity index (χ3v) is 3.46. The van der Waals surface area contributed by atoms with E-state index in [2.05, 4.69) is 0 Å². The van der Waals surface area contributed by atoms with Crippen LogP contribution in [0.4, 0.5) is 10.1 Å². The van der Waals surface area contributed by atoms with Crippen LogP contribution in [0.3, 0.4) is 0 Å². The van der Waals surface area contributed by atoms with Gasteiger partial charge in [-0.1, -0.05) is 35.3 Å². The number of nitrogens with zero attached hydrogens (tertiary/aromatic N) is 1. The van der Waals surface area contributed by atoms with Crippen molar-refractivity contribution in [1.82, 2.24) is 0 Å². The van der Waals surface area contributed by atoms with Crippen molar-refractivity contribution >= 4 is 34.9 Å². The maximum atomic E-state index is 13.1. The van der Waals surface area contributed by atoms with Crippen molar-refractivity contribution in [3.8, 4) is 0 Å². The smallest absolute Gasteiger partial charge is 0.323 e. The summed E-state index contributed by atoms with van der Waals surface area (Å²) in [6.07, 6.45) is 0. The van der Waals surface area contributed by atoms with Crippen molar-refractivity contribution in [1.29, 1.82) is 0 Å². The molecule has 0 aliphatic rings. The quantitative estimate of drug-likeness (QED) is 0.893. The molecule has 0 atom stereocenters. The van der Waals surface area contributed by atoms with Gasteiger partial charge in [-0.05, 0) is 35.9 Å². The fraction of sp³-hybridized carbons (Fsp3) is 0.133. The van der Waals surface area contributed by atoms with E-state index in [-0.39, 0.29) is 18.1 Å². The lowest BCUT2D eigenvalue weighted by Crippen LogP contribution is -2.29. The third kappa shape index (κ3) is 4.34. The Hall–Kier alpha value is -1.78. The second-order valence-electron chi connectivity index (χ2n) is 4.47. The summed E-state index contributed by atoms with van der Waals surface area (Å²) in [5.74, 6) is -1.41. The Kier molecular flexibility index (Phi) is 5.04. The summed E-state index contributed by atoms with van der Waals surface area (Å²) in [7, 11) is 0. The number of rotatable bonds is 5. The van der Waals surface area contributed by atoms with Crippen LogP contribution in [0.25, 0.3) is 0 Å². The van der Waals surface area contributed by atoms with Gasteiger partial charge in [-0.2, -0.15) is 0 Å². The summed E-state index contributed by atoms with van der Waals surface area (Å²) >= 11 is 11.9. The van der Waals surface area contributed by atoms with E-state index >= 15 is 0 Å². The maximum absolute atomic E-state index is 13.1. The van der Waals surface area contributed by atoms with E-state index in [9.17, 15) is 9.18 Å². The zero-order valence-electron chi connectivity index (χ0n) is 10.9. The summed E-state index contributed by atoms with van der Waals surface area (Å²) in [4.78, 5) is 12.6. The Balaban J connectivity index is 2.30. The van der Waals surface area contributed by atoms with Gasteiger partial charge in [0.15, 0.2) is 0 Å². The first kappa shape index (κ1) is 15.6. The highest BCUT2D eigenvalue weighted by Crippen LogP contribution is 2.24. The standard InChI is InChI=1S/C15H12Cl2FNO2/c16-11-2-1-3-13(6-11)19(9-15(20)21)8-10-4-5-12(18)7-14(10)17/h1-7H,8-9H2,(H,20,21). The van der Waals surface area contributed by atoms with Crippen LogP contribution in [-0.4, -0.2) is 17.6 Å². The van der Waals surface area contributed by atoms with Gasteiger partial charge in [-0.3, -0.25) is 4.79 Å². The Morgan fingerprint density at radius 3 is 2.57 bits per heavy atom. The first-order valence-electron chi connectivity index (χ1n) is 6.12. The molecule has 21 heavy (non-hydrogen) atoms. The molecule has 0 spiro atoms. The summed E-state index contributed by atoms with van der Waals surface area (Å²) in [5.41, 5.74) is 1.30. The highest BCUT2D eigenvalue weighted by atomic mass is 35.5. The van der Waals surface area contributed by atoms with Gasteiger partial charge in [-0.15, -0.1) is 0 Å². The van der Waals surface area contributed by atoms with Crippen LogP contribution in [0, 0.1) is 5.82 Å². The van der Waals surface area contributed by atoms with Crippen LogP contribution in [0.5, 0.6) is 0 Å². The summed E-state index contributed by atoms with van der Waals surface area (Å²) in [6.45, 7) is 0.0276. The minimum Gasteiger partial charge on any atom is -0.480 e. The normalized spacial score (nSPS) is 10.4. The molecule has 2 aromatic rings. The maximum Gasteiger partial charge on any atom is 0.323 e. The number of aliphatic carboxylic acids is 1. The number of anilines is 1. The molecule has 0 aliphatic heterocycles. The molecule has 2 aromatic carbocycles. The molecular weight excluding hydrogens is 316 g/mol. The number of hydrogen-bond donors (Lipinski definition) is 1. The van der Waals surface area contributed by atoms with Crippen molar-refractivity contribution in [2.24, 2.45) is 0 Å². The molecule has 0 unspecified atom stereocenters. The molecular formula is C15H12Cl2FNO2. The number of halogens is 3. The van der Waals surface area contributed by atoms with E-state index in [0.29, 0.717) is 16.3 Å². The Morgan fingerprint density at radius 2 is 1.95 bits per heavy atom. The fourth-order valence-electron chi connectivity index (χ4n) is 1.93. The van der Waals surface area contributed by atoms with Crippen molar-refractivity contribution in [2.45, 2.75) is 6.54 Å². The first-order chi connectivity index (χ1) is 9.95. The van der Waals surface area contributed by atoms with Gasteiger partial charge in [0.05, 0.1) is 0 Å². The molecule has 0 saturated carbocycles. The fourth-order valence-corrected chi connectivity index (χ4v) is 2.34. The topological polar surface area (TPSA) is 40.5 Å². The molecule has 0 saturated heterocycles. The minimum absolute atomic E-state index is 0.214. The van der Waals surface area contributed by atoms with E-state index < -0.39 is 11.8 Å². The zero-order valence-corrected chi connectivity index (χ0v) is 12.4. The molecule has 0 aliphatic carbocycles. The number of benzene rings is 2. The third-order valence-electron chi connectivity index (χ3n) is 2.88. The van der Waals surface area contributed by atoms with Crippen molar-refractivity contribution in [3.05, 3.63) is 63.9 Å². The second-order valence-corrected chi connectivity index (χ2v) is 5.31. The molecule has 0 bridgehead atoms. The van der Waals surface area contributed by atoms with Gasteiger partial charge in [0, 0.05) is 22.3 Å². The van der Waals surface area contributed by atoms with E-state index in [4.69, 9.17) is 28.3 Å². The SMILES string of the molecule is O=C(O)CN(Cc1ccc(F)cc1Cl)c1cccc(Cl)c1. The monoisotopic (exact) mass is 327 g/mol. The van der Waals surface area contributed by atoms with Crippen LogP contribution in [0.2, 0.25) is 10.0 Å². The highest BCUT2D eigenvalue weighted by Gasteiger charge is 2.14. The van der Waals surface area contributed by atoms with Crippen LogP contribution in [-0.2, 0) is 11.3 Å². The molecule has 0 aromatic heterocycles. The van der Waals surface area contributed by atoms with E-state index in [1.807, 2.05) is 0 Å². The summed E-state index contributed by atoms with van der Waals surface area (Å²) < 4.78 is 13.1. The Morgan fingerprint density at radius 1 is 1.19 bits per heavy atom. The zero-order chi connectivity index (χ0) is 15.4. The number of carbonyl (C=O) groups is 1. The molecule has 3 nitrogen and oxygen atoms in total. The average Bonchev–Trinajstić information content (AvgIpc) is 2.40. The van der Waals surface area contributed by atoms with E-state index in [0.717, 1.165) is 0 Å². The van der Waals surface area contributed by atoms with Gasteiger partial charge < -0.3 is 10.0 Å². The van der Waals surface area contributed by atoms with Gasteiger partial charge >= 0.3 is 5.97 Å². The Bertz CT molecular complexity index is 664. The number of carboxylic acids is 1. The number of hydrogen-bond acceptors (Lipinski definition) is 2. The Labute approximate surface area is 131 Å². The minimum atomic E-state index is -0.979. The lowest BCUT2D eigenvalue weighted by molar-refractivity contribution is -0.135. The van der Waals surface area contributed by atoms with E-state index in [1.165, 1.54) is 18.2 Å². The molecule has 110 valence electrons. The lowest BCUT2D eigenvalue weighted by Gasteiger charge is -2.23. The second kappa shape index (κ2) is 6.78. The molecule has 1 N–H and O–H groups in total. The summed E-state index contributed by atoms with van der Waals surface area (Å²) in [6, 6.07) is 10.9. The molecule has 0 amide bonds. The molecule has 0 fully saturated rings. The predicted molar refractivity (Wildman–Crippen MR) is 81.5 cm³/mol. The average molecular weight is 328 g/mol. The van der Waals surface area contributed by atoms with Gasteiger partial charge in [0.25, 0.3) is 0 Å². The molecule has 0 radical (unpaired) electrons. The van der Waals surface area contributed by atoms with Crippen LogP contribution in [0.1, 0.15) is 5.56 Å². The van der Waals surface area contributed by atoms with Gasteiger partial charge in [0.1, 0.15) is 12.4 Å². The lowest BCUT2D eigenvalue weighted by atomic mass is 10.2. The van der Waals surface area contributed by atoms with Crippen LogP contribution < -0.4 is 4.90 Å².